The van der Waals surface area contributed by atoms with Crippen molar-refractivity contribution in [1.29, 1.82) is 0 Å². The number of aromatic hydroxyl groups is 1. The zero-order valence-electron chi connectivity index (χ0n) is 15.6. The Morgan fingerprint density at radius 2 is 2.14 bits per heavy atom. The molecule has 0 radical (unpaired) electrons. The number of nitrogens with one attached hydrogen (secondary N) is 2. The van der Waals surface area contributed by atoms with Crippen LogP contribution in [0.15, 0.2) is 53.0 Å². The van der Waals surface area contributed by atoms with E-state index in [0.29, 0.717) is 30.4 Å². The van der Waals surface area contributed by atoms with Crippen molar-refractivity contribution in [3.05, 3.63) is 69.7 Å². The number of ether oxygens (including phenoxy) is 1. The fourth-order valence-corrected chi connectivity index (χ4v) is 4.57. The van der Waals surface area contributed by atoms with Crippen LogP contribution in [0.25, 0.3) is 0 Å². The maximum Gasteiger partial charge on any atom is 0.251 e. The molecule has 3 N–H and O–H groups in total. The van der Waals surface area contributed by atoms with Gasteiger partial charge in [-0.2, -0.15) is 0 Å². The van der Waals surface area contributed by atoms with Crippen molar-refractivity contribution < 1.29 is 14.6 Å². The highest BCUT2D eigenvalue weighted by Gasteiger charge is 2.39. The van der Waals surface area contributed by atoms with Crippen LogP contribution in [0.5, 0.6) is 5.75 Å². The Kier molecular flexibility index (Phi) is 5.42. The number of phenolic OH excluding ortho intramolecular Hbond substituents is 1. The summed E-state index contributed by atoms with van der Waals surface area (Å²) < 4.78 is 5.93. The third kappa shape index (κ3) is 3.54. The number of phenols is 1. The number of allylic oxidation sites excluding steroid dienone is 2. The van der Waals surface area contributed by atoms with E-state index in [2.05, 4.69) is 38.7 Å². The summed E-state index contributed by atoms with van der Waals surface area (Å²) in [6.45, 7) is 0.977. The summed E-state index contributed by atoms with van der Waals surface area (Å²) in [5.74, 6) is 0.708. The Bertz CT molecular complexity index is 928. The van der Waals surface area contributed by atoms with Gasteiger partial charge in [-0.1, -0.05) is 28.1 Å². The summed E-state index contributed by atoms with van der Waals surface area (Å²) in [6, 6.07) is 11.3. The van der Waals surface area contributed by atoms with Gasteiger partial charge in [-0.3, -0.25) is 4.79 Å². The highest BCUT2D eigenvalue weighted by Crippen LogP contribution is 2.51. The van der Waals surface area contributed by atoms with Gasteiger partial charge >= 0.3 is 0 Å². The predicted molar refractivity (Wildman–Crippen MR) is 113 cm³/mol. The Labute approximate surface area is 172 Å². The number of hydrogen-bond acceptors (Lipinski definition) is 4. The molecule has 1 aliphatic carbocycles. The molecule has 5 nitrogen and oxygen atoms in total. The van der Waals surface area contributed by atoms with Gasteiger partial charge in [0.2, 0.25) is 0 Å². The molecule has 3 unspecified atom stereocenters. The lowest BCUT2D eigenvalue weighted by atomic mass is 9.76. The lowest BCUT2D eigenvalue weighted by Crippen LogP contribution is -2.30. The fourth-order valence-electron chi connectivity index (χ4n) is 4.19. The molecule has 4 rings (SSSR count). The number of carbonyl (C=O) groups excluding carboxylic acids is 1. The molecular formula is C22H23BrN2O3. The summed E-state index contributed by atoms with van der Waals surface area (Å²) in [5, 5.41) is 16.9. The Hall–Kier alpha value is -2.31. The van der Waals surface area contributed by atoms with Crippen LogP contribution in [0.1, 0.15) is 39.9 Å². The molecule has 1 heterocycles. The third-order valence-electron chi connectivity index (χ3n) is 5.54. The van der Waals surface area contributed by atoms with Crippen molar-refractivity contribution in [2.75, 3.05) is 25.6 Å². The van der Waals surface area contributed by atoms with Gasteiger partial charge in [0.1, 0.15) is 5.75 Å². The minimum absolute atomic E-state index is 0.00591. The minimum atomic E-state index is -0.0925. The van der Waals surface area contributed by atoms with Crippen molar-refractivity contribution in [1.82, 2.24) is 5.32 Å². The molecule has 6 heteroatoms. The van der Waals surface area contributed by atoms with E-state index in [1.165, 1.54) is 0 Å². The first-order valence-corrected chi connectivity index (χ1v) is 10.2. The standard InChI is InChI=1S/C22H23BrN2O3/c1-28-10-9-24-22(27)13-5-7-19-17(11-13)15-3-2-4-16(15)21(25-19)18-12-14(23)6-8-20(18)26/h2-3,5-8,11-12,15-16,21,25-26H,4,9-10H2,1H3,(H,24,27). The molecule has 146 valence electrons. The second-order valence-corrected chi connectivity index (χ2v) is 8.15. The predicted octanol–water partition coefficient (Wildman–Crippen LogP) is 4.36. The Morgan fingerprint density at radius 3 is 2.96 bits per heavy atom. The maximum absolute atomic E-state index is 12.4. The maximum atomic E-state index is 12.4. The number of halogens is 1. The molecule has 1 amide bonds. The van der Waals surface area contributed by atoms with Crippen LogP contribution in [-0.4, -0.2) is 31.3 Å². The van der Waals surface area contributed by atoms with Crippen LogP contribution in [0.2, 0.25) is 0 Å². The van der Waals surface area contributed by atoms with E-state index in [-0.39, 0.29) is 17.9 Å². The molecule has 28 heavy (non-hydrogen) atoms. The molecular weight excluding hydrogens is 420 g/mol. The zero-order chi connectivity index (χ0) is 19.7. The van der Waals surface area contributed by atoms with Crippen molar-refractivity contribution in [3.63, 3.8) is 0 Å². The van der Waals surface area contributed by atoms with Crippen LogP contribution >= 0.6 is 15.9 Å². The molecule has 1 aliphatic heterocycles. The summed E-state index contributed by atoms with van der Waals surface area (Å²) in [4.78, 5) is 12.4. The van der Waals surface area contributed by atoms with Crippen LogP contribution in [0.3, 0.4) is 0 Å². The van der Waals surface area contributed by atoms with Gasteiger partial charge < -0.3 is 20.5 Å². The summed E-state index contributed by atoms with van der Waals surface area (Å²) in [5.41, 5.74) is 3.68. The number of benzene rings is 2. The van der Waals surface area contributed by atoms with Gasteiger partial charge in [0, 0.05) is 40.9 Å². The van der Waals surface area contributed by atoms with E-state index < -0.39 is 0 Å². The number of amides is 1. The summed E-state index contributed by atoms with van der Waals surface area (Å²) in [6.07, 6.45) is 5.34. The highest BCUT2D eigenvalue weighted by atomic mass is 79.9. The third-order valence-corrected chi connectivity index (χ3v) is 6.03. The highest BCUT2D eigenvalue weighted by molar-refractivity contribution is 9.10. The van der Waals surface area contributed by atoms with Gasteiger partial charge in [-0.25, -0.2) is 0 Å². The number of rotatable bonds is 5. The number of carbonyl (C=O) groups is 1. The average molecular weight is 443 g/mol. The number of methoxy groups -OCH3 is 1. The van der Waals surface area contributed by atoms with Crippen molar-refractivity contribution >= 4 is 27.5 Å². The fraction of sp³-hybridized carbons (Fsp3) is 0.318. The first-order valence-electron chi connectivity index (χ1n) is 9.41. The molecule has 0 aromatic heterocycles. The molecule has 2 aromatic carbocycles. The molecule has 3 atom stereocenters. The summed E-state index contributed by atoms with van der Waals surface area (Å²) >= 11 is 3.51. The van der Waals surface area contributed by atoms with Gasteiger partial charge in [0.15, 0.2) is 0 Å². The number of anilines is 1. The smallest absolute Gasteiger partial charge is 0.251 e. The second-order valence-electron chi connectivity index (χ2n) is 7.23. The summed E-state index contributed by atoms with van der Waals surface area (Å²) in [7, 11) is 1.61. The Morgan fingerprint density at radius 1 is 1.29 bits per heavy atom. The normalized spacial score (nSPS) is 22.3. The Balaban J connectivity index is 1.65. The molecule has 0 bridgehead atoms. The van der Waals surface area contributed by atoms with Crippen LogP contribution in [-0.2, 0) is 4.74 Å². The lowest BCUT2D eigenvalue weighted by Gasteiger charge is -2.38. The molecule has 2 aromatic rings. The topological polar surface area (TPSA) is 70.6 Å². The first kappa shape index (κ1) is 19.0. The largest absolute Gasteiger partial charge is 0.508 e. The van der Waals surface area contributed by atoms with Crippen molar-refractivity contribution in [2.24, 2.45) is 5.92 Å². The van der Waals surface area contributed by atoms with Gasteiger partial charge in [-0.15, -0.1) is 0 Å². The lowest BCUT2D eigenvalue weighted by molar-refractivity contribution is 0.0937. The number of hydrogen-bond donors (Lipinski definition) is 3. The van der Waals surface area contributed by atoms with Crippen LogP contribution in [0.4, 0.5) is 5.69 Å². The first-order chi connectivity index (χ1) is 13.6. The van der Waals surface area contributed by atoms with Crippen molar-refractivity contribution in [2.45, 2.75) is 18.4 Å². The molecule has 0 fully saturated rings. The SMILES string of the molecule is COCCNC(=O)c1ccc2c(c1)C1C=CCC1C(c1cc(Br)ccc1O)N2. The monoisotopic (exact) mass is 442 g/mol. The van der Waals surface area contributed by atoms with Crippen molar-refractivity contribution in [3.8, 4) is 5.75 Å². The van der Waals surface area contributed by atoms with Gasteiger partial charge in [0.25, 0.3) is 5.91 Å². The molecule has 0 spiro atoms. The number of fused-ring (bicyclic) bond motifs is 3. The minimum Gasteiger partial charge on any atom is -0.508 e. The van der Waals surface area contributed by atoms with E-state index in [1.807, 2.05) is 30.3 Å². The second kappa shape index (κ2) is 7.97. The molecule has 0 saturated heterocycles. The average Bonchev–Trinajstić information content (AvgIpc) is 3.19. The van der Waals surface area contributed by atoms with E-state index in [4.69, 9.17) is 4.74 Å². The van der Waals surface area contributed by atoms with E-state index in [9.17, 15) is 9.90 Å². The van der Waals surface area contributed by atoms with E-state index in [1.54, 1.807) is 13.2 Å². The zero-order valence-corrected chi connectivity index (χ0v) is 17.2. The quantitative estimate of drug-likeness (QED) is 0.475. The van der Waals surface area contributed by atoms with E-state index >= 15 is 0 Å². The van der Waals surface area contributed by atoms with E-state index in [0.717, 1.165) is 27.7 Å². The molecule has 2 aliphatic rings. The van der Waals surface area contributed by atoms with Gasteiger partial charge in [0.05, 0.1) is 12.6 Å². The van der Waals surface area contributed by atoms with Gasteiger partial charge in [-0.05, 0) is 54.3 Å². The van der Waals surface area contributed by atoms with Crippen LogP contribution in [0, 0.1) is 5.92 Å². The molecule has 0 saturated carbocycles. The van der Waals surface area contributed by atoms with Crippen LogP contribution < -0.4 is 10.6 Å².